The highest BCUT2D eigenvalue weighted by atomic mass is 79.9. The van der Waals surface area contributed by atoms with Crippen LogP contribution in [0.3, 0.4) is 0 Å². The van der Waals surface area contributed by atoms with E-state index in [-0.39, 0.29) is 16.4 Å². The molecule has 0 spiro atoms. The predicted octanol–water partition coefficient (Wildman–Crippen LogP) is 1.93. The van der Waals surface area contributed by atoms with Crippen molar-refractivity contribution in [1.29, 1.82) is 0 Å². The number of anilines is 2. The van der Waals surface area contributed by atoms with Crippen molar-refractivity contribution >= 4 is 37.5 Å². The van der Waals surface area contributed by atoms with E-state index in [9.17, 15) is 8.42 Å². The lowest BCUT2D eigenvalue weighted by Crippen LogP contribution is -2.15. The van der Waals surface area contributed by atoms with E-state index in [0.717, 1.165) is 5.56 Å². The summed E-state index contributed by atoms with van der Waals surface area (Å²) >= 11 is 3.12. The smallest absolute Gasteiger partial charge is 0.265 e. The molecule has 2 rings (SSSR count). The molecule has 0 saturated carbocycles. The maximum atomic E-state index is 12.1. The molecule has 0 aliphatic rings. The number of aryl methyl sites for hydroxylation is 1. The number of hydrogen-bond acceptors (Lipinski definition) is 5. The van der Waals surface area contributed by atoms with Gasteiger partial charge in [0.05, 0.1) is 18.1 Å². The molecule has 100 valence electrons. The van der Waals surface area contributed by atoms with Crippen molar-refractivity contribution in [3.05, 3.63) is 40.8 Å². The molecule has 0 aliphatic carbocycles. The minimum atomic E-state index is -3.77. The van der Waals surface area contributed by atoms with Crippen LogP contribution >= 0.6 is 15.9 Å². The van der Waals surface area contributed by atoms with Gasteiger partial charge in [-0.2, -0.15) is 0 Å². The zero-order valence-corrected chi connectivity index (χ0v) is 12.4. The van der Waals surface area contributed by atoms with Crippen molar-refractivity contribution in [1.82, 2.24) is 9.97 Å². The standard InChI is InChI=1S/C11H11BrN4O2S/c1-7-2-3-9(8(13)4-7)19(17,18)16-11-6-14-10(12)5-15-11/h2-6H,13H2,1H3,(H,15,16). The van der Waals surface area contributed by atoms with E-state index in [1.165, 1.54) is 18.5 Å². The lowest BCUT2D eigenvalue weighted by atomic mass is 10.2. The minimum Gasteiger partial charge on any atom is -0.398 e. The van der Waals surface area contributed by atoms with Gasteiger partial charge in [0.25, 0.3) is 10.0 Å². The predicted molar refractivity (Wildman–Crippen MR) is 76.1 cm³/mol. The Kier molecular flexibility index (Phi) is 3.72. The monoisotopic (exact) mass is 342 g/mol. The first kappa shape index (κ1) is 13.8. The third-order valence-corrected chi connectivity index (χ3v) is 4.15. The Labute approximate surface area is 119 Å². The van der Waals surface area contributed by atoms with Gasteiger partial charge in [0.15, 0.2) is 5.82 Å². The number of sulfonamides is 1. The average Bonchev–Trinajstić information content (AvgIpc) is 2.31. The summed E-state index contributed by atoms with van der Waals surface area (Å²) < 4.78 is 27.1. The highest BCUT2D eigenvalue weighted by Crippen LogP contribution is 2.21. The van der Waals surface area contributed by atoms with Gasteiger partial charge in [-0.3, -0.25) is 4.72 Å². The van der Waals surface area contributed by atoms with Crippen molar-refractivity contribution in [3.8, 4) is 0 Å². The van der Waals surface area contributed by atoms with Gasteiger partial charge in [-0.15, -0.1) is 0 Å². The Hall–Kier alpha value is -1.67. The highest BCUT2D eigenvalue weighted by molar-refractivity contribution is 9.10. The van der Waals surface area contributed by atoms with Crippen LogP contribution in [0.5, 0.6) is 0 Å². The molecule has 0 radical (unpaired) electrons. The molecule has 19 heavy (non-hydrogen) atoms. The maximum Gasteiger partial charge on any atom is 0.265 e. The zero-order valence-electron chi connectivity index (χ0n) is 9.96. The lowest BCUT2D eigenvalue weighted by Gasteiger charge is -2.09. The molecule has 0 fully saturated rings. The van der Waals surface area contributed by atoms with Crippen LogP contribution in [0, 0.1) is 6.92 Å². The molecule has 1 aromatic carbocycles. The Balaban J connectivity index is 2.35. The first-order valence-corrected chi connectivity index (χ1v) is 7.52. The summed E-state index contributed by atoms with van der Waals surface area (Å²) in [5.74, 6) is 0.128. The number of aromatic nitrogens is 2. The van der Waals surface area contributed by atoms with Crippen molar-refractivity contribution in [2.45, 2.75) is 11.8 Å². The lowest BCUT2D eigenvalue weighted by molar-refractivity contribution is 0.601. The number of nitrogen functional groups attached to an aromatic ring is 1. The third kappa shape index (κ3) is 3.21. The van der Waals surface area contributed by atoms with Crippen LogP contribution in [0.25, 0.3) is 0 Å². The first-order valence-electron chi connectivity index (χ1n) is 5.25. The Morgan fingerprint density at radius 2 is 2.00 bits per heavy atom. The fraction of sp³-hybridized carbons (Fsp3) is 0.0909. The van der Waals surface area contributed by atoms with Crippen molar-refractivity contribution < 1.29 is 8.42 Å². The molecule has 0 unspecified atom stereocenters. The maximum absolute atomic E-state index is 12.1. The van der Waals surface area contributed by atoms with Crippen LogP contribution in [0.2, 0.25) is 0 Å². The van der Waals surface area contributed by atoms with Gasteiger partial charge in [-0.05, 0) is 40.5 Å². The topological polar surface area (TPSA) is 98.0 Å². The van der Waals surface area contributed by atoms with E-state index in [1.807, 2.05) is 6.92 Å². The largest absolute Gasteiger partial charge is 0.398 e. The van der Waals surface area contributed by atoms with Crippen LogP contribution in [0.15, 0.2) is 40.1 Å². The molecule has 0 aliphatic heterocycles. The summed E-state index contributed by atoms with van der Waals surface area (Å²) in [6.07, 6.45) is 2.71. The first-order chi connectivity index (χ1) is 8.88. The summed E-state index contributed by atoms with van der Waals surface area (Å²) in [6.45, 7) is 1.83. The summed E-state index contributed by atoms with van der Waals surface area (Å²) in [5.41, 5.74) is 6.80. The number of nitrogens with two attached hydrogens (primary N) is 1. The Morgan fingerprint density at radius 3 is 2.58 bits per heavy atom. The van der Waals surface area contributed by atoms with Gasteiger partial charge in [0.1, 0.15) is 9.50 Å². The van der Waals surface area contributed by atoms with E-state index < -0.39 is 10.0 Å². The molecule has 8 heteroatoms. The molecule has 0 amide bonds. The Morgan fingerprint density at radius 1 is 1.26 bits per heavy atom. The number of halogens is 1. The summed E-state index contributed by atoms with van der Waals surface area (Å²) in [7, 11) is -3.77. The number of rotatable bonds is 3. The molecular formula is C11H11BrN4O2S. The van der Waals surface area contributed by atoms with Gasteiger partial charge in [-0.1, -0.05) is 6.07 Å². The molecule has 2 aromatic rings. The second-order valence-electron chi connectivity index (χ2n) is 3.87. The fourth-order valence-electron chi connectivity index (χ4n) is 1.47. The molecule has 6 nitrogen and oxygen atoms in total. The van der Waals surface area contributed by atoms with E-state index in [1.54, 1.807) is 12.1 Å². The Bertz CT molecular complexity index is 701. The van der Waals surface area contributed by atoms with Crippen molar-refractivity contribution in [3.63, 3.8) is 0 Å². The van der Waals surface area contributed by atoms with E-state index >= 15 is 0 Å². The normalized spacial score (nSPS) is 11.3. The molecule has 1 aromatic heterocycles. The quantitative estimate of drug-likeness (QED) is 0.830. The van der Waals surface area contributed by atoms with Gasteiger partial charge in [0.2, 0.25) is 0 Å². The molecular weight excluding hydrogens is 332 g/mol. The van der Waals surface area contributed by atoms with Crippen LogP contribution in [-0.2, 0) is 10.0 Å². The number of nitrogens with zero attached hydrogens (tertiary/aromatic N) is 2. The number of benzene rings is 1. The van der Waals surface area contributed by atoms with Crippen LogP contribution in [0.1, 0.15) is 5.56 Å². The number of hydrogen-bond donors (Lipinski definition) is 2. The van der Waals surface area contributed by atoms with Gasteiger partial charge in [0, 0.05) is 0 Å². The zero-order chi connectivity index (χ0) is 14.0. The van der Waals surface area contributed by atoms with Crippen LogP contribution in [-0.4, -0.2) is 18.4 Å². The SMILES string of the molecule is Cc1ccc(S(=O)(=O)Nc2cnc(Br)cn2)c(N)c1. The van der Waals surface area contributed by atoms with Crippen LogP contribution in [0.4, 0.5) is 11.5 Å². The second-order valence-corrected chi connectivity index (χ2v) is 6.33. The molecule has 1 heterocycles. The fourth-order valence-corrected chi connectivity index (χ4v) is 2.78. The molecule has 3 N–H and O–H groups in total. The van der Waals surface area contributed by atoms with E-state index in [2.05, 4.69) is 30.6 Å². The highest BCUT2D eigenvalue weighted by Gasteiger charge is 2.18. The summed E-state index contributed by atoms with van der Waals surface area (Å²) in [4.78, 5) is 7.80. The van der Waals surface area contributed by atoms with Crippen molar-refractivity contribution in [2.75, 3.05) is 10.5 Å². The summed E-state index contributed by atoms with van der Waals surface area (Å²) in [6, 6.07) is 4.74. The average molecular weight is 343 g/mol. The van der Waals surface area contributed by atoms with E-state index in [4.69, 9.17) is 5.73 Å². The minimum absolute atomic E-state index is 0.0165. The molecule has 0 atom stereocenters. The van der Waals surface area contributed by atoms with Crippen molar-refractivity contribution in [2.24, 2.45) is 0 Å². The molecule has 0 bridgehead atoms. The molecule has 0 saturated heterocycles. The second kappa shape index (κ2) is 5.14. The van der Waals surface area contributed by atoms with E-state index in [0.29, 0.717) is 4.60 Å². The van der Waals surface area contributed by atoms with Gasteiger partial charge in [-0.25, -0.2) is 18.4 Å². The van der Waals surface area contributed by atoms with Crippen LogP contribution < -0.4 is 10.5 Å². The van der Waals surface area contributed by atoms with Gasteiger partial charge < -0.3 is 5.73 Å². The summed E-state index contributed by atoms with van der Waals surface area (Å²) in [5, 5.41) is 0. The van der Waals surface area contributed by atoms with Gasteiger partial charge >= 0.3 is 0 Å². The third-order valence-electron chi connectivity index (χ3n) is 2.31. The number of nitrogens with one attached hydrogen (secondary N) is 1.